The molecule has 0 unspecified atom stereocenters. The Labute approximate surface area is 203 Å². The fraction of sp³-hybridized carbons (Fsp3) is 0.556. The number of carbonyl (C=O) groups is 1. The third-order valence-corrected chi connectivity index (χ3v) is 7.67. The predicted molar refractivity (Wildman–Crippen MR) is 137 cm³/mol. The van der Waals surface area contributed by atoms with Gasteiger partial charge in [0, 0.05) is 60.5 Å². The zero-order valence-corrected chi connectivity index (χ0v) is 20.9. The Morgan fingerprint density at radius 1 is 1.06 bits per heavy atom. The summed E-state index contributed by atoms with van der Waals surface area (Å²) in [5, 5.41) is 7.73. The Bertz CT molecular complexity index is 945. The normalized spacial score (nSPS) is 22.1. The Morgan fingerprint density at radius 3 is 2.33 bits per heavy atom. The quantitative estimate of drug-likeness (QED) is 0.535. The van der Waals surface area contributed by atoms with Gasteiger partial charge in [-0.2, -0.15) is 0 Å². The summed E-state index contributed by atoms with van der Waals surface area (Å²) in [6.07, 6.45) is 9.21. The number of pyridine rings is 1. The molecule has 0 bridgehead atoms. The van der Waals surface area contributed by atoms with E-state index in [1.165, 1.54) is 18.4 Å². The van der Waals surface area contributed by atoms with E-state index in [1.807, 2.05) is 19.1 Å². The topological polar surface area (TPSA) is 57.3 Å². The molecule has 2 aliphatic rings. The molecule has 33 heavy (non-hydrogen) atoms. The number of nitrogens with zero attached hydrogens (tertiary/aromatic N) is 2. The van der Waals surface area contributed by atoms with Gasteiger partial charge in [-0.15, -0.1) is 0 Å². The Hall–Kier alpha value is -2.27. The summed E-state index contributed by atoms with van der Waals surface area (Å²) in [6.45, 7) is 2.03. The fourth-order valence-corrected chi connectivity index (χ4v) is 5.71. The zero-order chi connectivity index (χ0) is 23.4. The maximum Gasteiger partial charge on any atom is 0.221 e. The molecule has 4 rings (SSSR count). The number of hydrogen-bond donors (Lipinski definition) is 2. The van der Waals surface area contributed by atoms with E-state index in [9.17, 15) is 4.79 Å². The van der Waals surface area contributed by atoms with Crippen molar-refractivity contribution in [2.45, 2.75) is 82.2 Å². The minimum absolute atomic E-state index is 0.0333. The minimum Gasteiger partial charge on any atom is -0.377 e. The molecule has 1 amide bonds. The van der Waals surface area contributed by atoms with Gasteiger partial charge in [-0.3, -0.25) is 4.79 Å². The third kappa shape index (κ3) is 6.00. The molecule has 6 heteroatoms. The van der Waals surface area contributed by atoms with Gasteiger partial charge in [-0.1, -0.05) is 36.6 Å². The first-order valence-electron chi connectivity index (χ1n) is 12.3. The number of hydrogen-bond acceptors (Lipinski definition) is 4. The number of aromatic nitrogens is 1. The van der Waals surface area contributed by atoms with Crippen LogP contribution in [0, 0.1) is 6.92 Å². The smallest absolute Gasteiger partial charge is 0.221 e. The molecular weight excluding hydrogens is 432 g/mol. The molecule has 178 valence electrons. The first-order chi connectivity index (χ1) is 15.8. The van der Waals surface area contributed by atoms with Crippen molar-refractivity contribution in [3.63, 3.8) is 0 Å². The Morgan fingerprint density at radius 2 is 1.70 bits per heavy atom. The standard InChI is InChI=1S/C27H37ClN4O/c1-19-16-24(32(2)3)17-25(29-19)30-22-10-12-23(13-11-22)31-26(33)18-27(14-4-5-15-27)20-6-8-21(28)9-7-20/h6-9,16-17,22-23H,4-5,10-15,18H2,1-3H3,(H,29,30)(H,31,33). The highest BCUT2D eigenvalue weighted by molar-refractivity contribution is 6.30. The van der Waals surface area contributed by atoms with Crippen LogP contribution in [-0.2, 0) is 10.2 Å². The number of amides is 1. The summed E-state index contributed by atoms with van der Waals surface area (Å²) in [6, 6.07) is 13.0. The molecule has 5 nitrogen and oxygen atoms in total. The molecule has 2 aromatic rings. The summed E-state index contributed by atoms with van der Waals surface area (Å²) in [5.74, 6) is 1.14. The molecule has 0 saturated heterocycles. The SMILES string of the molecule is Cc1cc(N(C)C)cc(NC2CCC(NC(=O)CC3(c4ccc(Cl)cc4)CCCC3)CC2)n1. The second kappa shape index (κ2) is 10.3. The van der Waals surface area contributed by atoms with Gasteiger partial charge in [0.2, 0.25) is 5.91 Å². The first kappa shape index (κ1) is 23.9. The zero-order valence-electron chi connectivity index (χ0n) is 20.2. The van der Waals surface area contributed by atoms with Crippen LogP contribution in [0.15, 0.2) is 36.4 Å². The van der Waals surface area contributed by atoms with Crippen LogP contribution in [0.1, 0.15) is 69.0 Å². The van der Waals surface area contributed by atoms with Gasteiger partial charge in [0.05, 0.1) is 0 Å². The number of anilines is 2. The summed E-state index contributed by atoms with van der Waals surface area (Å²) in [4.78, 5) is 19.8. The Kier molecular flexibility index (Phi) is 7.48. The van der Waals surface area contributed by atoms with Gasteiger partial charge in [0.15, 0.2) is 0 Å². The molecule has 0 spiro atoms. The number of nitrogens with one attached hydrogen (secondary N) is 2. The van der Waals surface area contributed by atoms with Gasteiger partial charge in [-0.05, 0) is 69.2 Å². The van der Waals surface area contributed by atoms with Crippen LogP contribution in [-0.4, -0.2) is 37.1 Å². The van der Waals surface area contributed by atoms with E-state index in [2.05, 4.69) is 58.9 Å². The molecule has 0 atom stereocenters. The van der Waals surface area contributed by atoms with Crippen molar-refractivity contribution in [2.75, 3.05) is 24.3 Å². The highest BCUT2D eigenvalue weighted by Crippen LogP contribution is 2.44. The van der Waals surface area contributed by atoms with Crippen molar-refractivity contribution in [3.05, 3.63) is 52.7 Å². The van der Waals surface area contributed by atoms with Crippen molar-refractivity contribution in [2.24, 2.45) is 0 Å². The lowest BCUT2D eigenvalue weighted by molar-refractivity contribution is -0.123. The maximum atomic E-state index is 13.1. The molecule has 1 aromatic heterocycles. The summed E-state index contributed by atoms with van der Waals surface area (Å²) in [5.41, 5.74) is 3.41. The molecule has 2 saturated carbocycles. The molecule has 1 heterocycles. The second-order valence-corrected chi connectivity index (χ2v) is 10.6. The van der Waals surface area contributed by atoms with E-state index in [-0.39, 0.29) is 17.4 Å². The lowest BCUT2D eigenvalue weighted by Crippen LogP contribution is -2.42. The fourth-order valence-electron chi connectivity index (χ4n) is 5.58. The number of aryl methyl sites for hydroxylation is 1. The average Bonchev–Trinajstić information content (AvgIpc) is 3.24. The van der Waals surface area contributed by atoms with Crippen molar-refractivity contribution in [1.82, 2.24) is 10.3 Å². The van der Waals surface area contributed by atoms with Crippen LogP contribution in [0.5, 0.6) is 0 Å². The predicted octanol–water partition coefficient (Wildman–Crippen LogP) is 5.85. The second-order valence-electron chi connectivity index (χ2n) is 10.2. The minimum atomic E-state index is -0.0333. The van der Waals surface area contributed by atoms with Crippen molar-refractivity contribution in [3.8, 4) is 0 Å². The molecule has 0 radical (unpaired) electrons. The summed E-state index contributed by atoms with van der Waals surface area (Å²) >= 11 is 6.10. The van der Waals surface area contributed by atoms with E-state index in [0.717, 1.165) is 60.7 Å². The van der Waals surface area contributed by atoms with Crippen LogP contribution in [0.4, 0.5) is 11.5 Å². The van der Waals surface area contributed by atoms with E-state index in [1.54, 1.807) is 0 Å². The van der Waals surface area contributed by atoms with E-state index >= 15 is 0 Å². The first-order valence-corrected chi connectivity index (χ1v) is 12.7. The van der Waals surface area contributed by atoms with Crippen LogP contribution < -0.4 is 15.5 Å². The van der Waals surface area contributed by atoms with Gasteiger partial charge >= 0.3 is 0 Å². The number of carbonyl (C=O) groups excluding carboxylic acids is 1. The van der Waals surface area contributed by atoms with Crippen LogP contribution in [0.3, 0.4) is 0 Å². The molecule has 0 aliphatic heterocycles. The average molecular weight is 469 g/mol. The Balaban J connectivity index is 1.30. The summed E-state index contributed by atoms with van der Waals surface area (Å²) in [7, 11) is 4.10. The van der Waals surface area contributed by atoms with E-state index in [0.29, 0.717) is 12.5 Å². The van der Waals surface area contributed by atoms with E-state index < -0.39 is 0 Å². The molecular formula is C27H37ClN4O. The van der Waals surface area contributed by atoms with Crippen molar-refractivity contribution >= 4 is 29.0 Å². The molecule has 2 N–H and O–H groups in total. The lowest BCUT2D eigenvalue weighted by atomic mass is 9.76. The number of rotatable bonds is 7. The molecule has 2 fully saturated rings. The number of halogens is 1. The van der Waals surface area contributed by atoms with Gasteiger partial charge in [0.25, 0.3) is 0 Å². The maximum absolute atomic E-state index is 13.1. The largest absolute Gasteiger partial charge is 0.377 e. The van der Waals surface area contributed by atoms with Gasteiger partial charge in [0.1, 0.15) is 5.82 Å². The van der Waals surface area contributed by atoms with Crippen LogP contribution >= 0.6 is 11.6 Å². The van der Waals surface area contributed by atoms with Crippen molar-refractivity contribution in [1.29, 1.82) is 0 Å². The monoisotopic (exact) mass is 468 g/mol. The number of benzene rings is 1. The molecule has 2 aliphatic carbocycles. The van der Waals surface area contributed by atoms with Gasteiger partial charge < -0.3 is 15.5 Å². The molecule has 1 aromatic carbocycles. The van der Waals surface area contributed by atoms with Crippen LogP contribution in [0.2, 0.25) is 5.02 Å². The highest BCUT2D eigenvalue weighted by Gasteiger charge is 2.38. The van der Waals surface area contributed by atoms with Crippen molar-refractivity contribution < 1.29 is 4.79 Å². The van der Waals surface area contributed by atoms with Crippen LogP contribution in [0.25, 0.3) is 0 Å². The van der Waals surface area contributed by atoms with Gasteiger partial charge in [-0.25, -0.2) is 4.98 Å². The highest BCUT2D eigenvalue weighted by atomic mass is 35.5. The van der Waals surface area contributed by atoms with E-state index in [4.69, 9.17) is 11.6 Å². The third-order valence-electron chi connectivity index (χ3n) is 7.42. The summed E-state index contributed by atoms with van der Waals surface area (Å²) < 4.78 is 0. The lowest BCUT2D eigenvalue weighted by Gasteiger charge is -2.33.